The average Bonchev–Trinajstić information content (AvgIpc) is 2.77. The summed E-state index contributed by atoms with van der Waals surface area (Å²) >= 11 is 0. The van der Waals surface area contributed by atoms with E-state index in [4.69, 9.17) is 10.7 Å². The first-order chi connectivity index (χ1) is 14.6. The predicted octanol–water partition coefficient (Wildman–Crippen LogP) is 4.20. The normalized spacial score (nSPS) is 14.3. The second-order valence-electron chi connectivity index (χ2n) is 7.50. The lowest BCUT2D eigenvalue weighted by Gasteiger charge is -2.34. The summed E-state index contributed by atoms with van der Waals surface area (Å²) in [5, 5.41) is 10.6. The fourth-order valence-electron chi connectivity index (χ4n) is 3.74. The Labute approximate surface area is 175 Å². The highest BCUT2D eigenvalue weighted by Crippen LogP contribution is 2.32. The summed E-state index contributed by atoms with van der Waals surface area (Å²) in [5.41, 5.74) is 9.29. The van der Waals surface area contributed by atoms with Gasteiger partial charge in [-0.2, -0.15) is 5.10 Å². The zero-order valence-electron chi connectivity index (χ0n) is 17.0. The number of nitrogens with two attached hydrogens (primary N) is 1. The predicted molar refractivity (Wildman–Crippen MR) is 117 cm³/mol. The summed E-state index contributed by atoms with van der Waals surface area (Å²) in [6, 6.07) is 10.7. The van der Waals surface area contributed by atoms with Gasteiger partial charge in [0.05, 0.1) is 11.4 Å². The lowest BCUT2D eigenvalue weighted by molar-refractivity contribution is 0.252. The molecule has 30 heavy (non-hydrogen) atoms. The van der Waals surface area contributed by atoms with Gasteiger partial charge in [0.2, 0.25) is 0 Å². The Kier molecular flexibility index (Phi) is 5.83. The number of nitrogens with zero attached hydrogens (tertiary/aromatic N) is 5. The van der Waals surface area contributed by atoms with E-state index in [1.54, 1.807) is 35.5 Å². The van der Waals surface area contributed by atoms with Crippen molar-refractivity contribution in [2.75, 3.05) is 16.0 Å². The largest absolute Gasteiger partial charge is 0.396 e. The summed E-state index contributed by atoms with van der Waals surface area (Å²) in [5.74, 6) is 0.849. The molecule has 0 unspecified atom stereocenters. The minimum Gasteiger partial charge on any atom is -0.396 e. The molecule has 4 rings (SSSR count). The highest BCUT2D eigenvalue weighted by atomic mass is 16.2. The number of carbonyl (C=O) groups is 1. The molecule has 1 aliphatic carbocycles. The van der Waals surface area contributed by atoms with Crippen LogP contribution in [0.4, 0.5) is 22.1 Å². The molecular formula is C22H25N7O. The highest BCUT2D eigenvalue weighted by Gasteiger charge is 2.30. The molecule has 0 bridgehead atoms. The molecule has 0 saturated heterocycles. The van der Waals surface area contributed by atoms with Gasteiger partial charge in [0.1, 0.15) is 0 Å². The Morgan fingerprint density at radius 3 is 2.67 bits per heavy atom. The SMILES string of the molecule is Cc1ccc(-c2ccc(N)c(N(C(=O)Nc3cccnn3)C3CCCCC3)n2)cn1. The van der Waals surface area contributed by atoms with Gasteiger partial charge in [-0.3, -0.25) is 15.2 Å². The van der Waals surface area contributed by atoms with Crippen LogP contribution in [0.15, 0.2) is 48.8 Å². The maximum absolute atomic E-state index is 13.3. The van der Waals surface area contributed by atoms with Crippen molar-refractivity contribution in [1.82, 2.24) is 20.2 Å². The lowest BCUT2D eigenvalue weighted by atomic mass is 9.94. The molecule has 0 spiro atoms. The van der Waals surface area contributed by atoms with Crippen LogP contribution in [0.3, 0.4) is 0 Å². The van der Waals surface area contributed by atoms with Crippen molar-refractivity contribution in [2.24, 2.45) is 0 Å². The van der Waals surface area contributed by atoms with Gasteiger partial charge in [-0.15, -0.1) is 5.10 Å². The Hall–Kier alpha value is -3.55. The number of nitrogen functional groups attached to an aromatic ring is 1. The first-order valence-corrected chi connectivity index (χ1v) is 10.2. The summed E-state index contributed by atoms with van der Waals surface area (Å²) in [6.07, 6.45) is 8.47. The second-order valence-corrected chi connectivity index (χ2v) is 7.50. The van der Waals surface area contributed by atoms with E-state index in [2.05, 4.69) is 20.5 Å². The third-order valence-corrected chi connectivity index (χ3v) is 5.31. The molecule has 3 heterocycles. The molecule has 154 valence electrons. The van der Waals surface area contributed by atoms with E-state index in [-0.39, 0.29) is 12.1 Å². The van der Waals surface area contributed by atoms with E-state index >= 15 is 0 Å². The van der Waals surface area contributed by atoms with Crippen LogP contribution in [0, 0.1) is 6.92 Å². The van der Waals surface area contributed by atoms with Crippen LogP contribution in [0.25, 0.3) is 11.3 Å². The number of anilines is 3. The number of aromatic nitrogens is 4. The number of amides is 2. The molecule has 1 saturated carbocycles. The van der Waals surface area contributed by atoms with Crippen molar-refractivity contribution in [3.63, 3.8) is 0 Å². The summed E-state index contributed by atoms with van der Waals surface area (Å²) < 4.78 is 0. The van der Waals surface area contributed by atoms with Gasteiger partial charge in [-0.05, 0) is 56.2 Å². The number of hydrogen-bond donors (Lipinski definition) is 2. The molecule has 8 heteroatoms. The zero-order valence-corrected chi connectivity index (χ0v) is 17.0. The first kappa shape index (κ1) is 19.8. The molecule has 0 atom stereocenters. The Morgan fingerprint density at radius 1 is 1.13 bits per heavy atom. The van der Waals surface area contributed by atoms with E-state index in [1.807, 2.05) is 25.1 Å². The van der Waals surface area contributed by atoms with Crippen LogP contribution in [0.2, 0.25) is 0 Å². The molecule has 0 aliphatic heterocycles. The smallest absolute Gasteiger partial charge is 0.329 e. The Morgan fingerprint density at radius 2 is 1.97 bits per heavy atom. The van der Waals surface area contributed by atoms with Crippen LogP contribution < -0.4 is 16.0 Å². The van der Waals surface area contributed by atoms with Crippen molar-refractivity contribution in [3.8, 4) is 11.3 Å². The van der Waals surface area contributed by atoms with E-state index in [9.17, 15) is 4.79 Å². The topological polar surface area (TPSA) is 110 Å². The standard InChI is InChI=1S/C22H25N7O/c1-15-9-10-16(14-24-15)19-12-11-18(23)21(26-19)29(17-6-3-2-4-7-17)22(30)27-20-8-5-13-25-28-20/h5,8-14,17H,2-4,6-7,23H2,1H3,(H,27,28,30). The fourth-order valence-corrected chi connectivity index (χ4v) is 3.74. The third-order valence-electron chi connectivity index (χ3n) is 5.31. The number of nitrogens with one attached hydrogen (secondary N) is 1. The van der Waals surface area contributed by atoms with E-state index < -0.39 is 0 Å². The number of aryl methyl sites for hydroxylation is 1. The van der Waals surface area contributed by atoms with Gasteiger partial charge in [0.15, 0.2) is 11.6 Å². The summed E-state index contributed by atoms with van der Waals surface area (Å²) in [7, 11) is 0. The second kappa shape index (κ2) is 8.86. The number of pyridine rings is 2. The number of urea groups is 1. The van der Waals surface area contributed by atoms with Gasteiger partial charge < -0.3 is 5.73 Å². The maximum Gasteiger partial charge on any atom is 0.329 e. The van der Waals surface area contributed by atoms with Crippen molar-refractivity contribution < 1.29 is 4.79 Å². The van der Waals surface area contributed by atoms with E-state index in [0.717, 1.165) is 42.6 Å². The molecule has 2 amide bonds. The van der Waals surface area contributed by atoms with Crippen LogP contribution in [-0.2, 0) is 0 Å². The lowest BCUT2D eigenvalue weighted by Crippen LogP contribution is -2.45. The van der Waals surface area contributed by atoms with E-state index in [0.29, 0.717) is 17.3 Å². The minimum atomic E-state index is -0.305. The molecule has 1 aliphatic rings. The van der Waals surface area contributed by atoms with Crippen LogP contribution in [-0.4, -0.2) is 32.2 Å². The molecule has 3 aromatic heterocycles. The summed E-state index contributed by atoms with van der Waals surface area (Å²) in [4.78, 5) is 24.1. The van der Waals surface area contributed by atoms with Crippen molar-refractivity contribution in [3.05, 3.63) is 54.5 Å². The quantitative estimate of drug-likeness (QED) is 0.676. The van der Waals surface area contributed by atoms with Crippen LogP contribution in [0.5, 0.6) is 0 Å². The van der Waals surface area contributed by atoms with Gasteiger partial charge in [0, 0.05) is 29.7 Å². The maximum atomic E-state index is 13.3. The molecule has 3 aromatic rings. The fraction of sp³-hybridized carbons (Fsp3) is 0.318. The third kappa shape index (κ3) is 4.37. The number of carbonyl (C=O) groups excluding carboxylic acids is 1. The molecule has 3 N–H and O–H groups in total. The minimum absolute atomic E-state index is 0.0246. The van der Waals surface area contributed by atoms with Gasteiger partial charge in [0.25, 0.3) is 0 Å². The average molecular weight is 403 g/mol. The van der Waals surface area contributed by atoms with Crippen LogP contribution >= 0.6 is 0 Å². The number of hydrogen-bond acceptors (Lipinski definition) is 6. The van der Waals surface area contributed by atoms with E-state index in [1.165, 1.54) is 6.42 Å². The molecule has 0 radical (unpaired) electrons. The molecule has 0 aromatic carbocycles. The first-order valence-electron chi connectivity index (χ1n) is 10.2. The highest BCUT2D eigenvalue weighted by molar-refractivity contribution is 6.02. The Bertz CT molecular complexity index is 1000. The molecular weight excluding hydrogens is 378 g/mol. The van der Waals surface area contributed by atoms with Crippen molar-refractivity contribution >= 4 is 23.4 Å². The monoisotopic (exact) mass is 403 g/mol. The summed E-state index contributed by atoms with van der Waals surface area (Å²) in [6.45, 7) is 1.94. The molecule has 1 fully saturated rings. The van der Waals surface area contributed by atoms with Gasteiger partial charge >= 0.3 is 6.03 Å². The van der Waals surface area contributed by atoms with Crippen molar-refractivity contribution in [1.29, 1.82) is 0 Å². The van der Waals surface area contributed by atoms with Gasteiger partial charge in [-0.1, -0.05) is 19.3 Å². The molecule has 8 nitrogen and oxygen atoms in total. The van der Waals surface area contributed by atoms with Crippen LogP contribution in [0.1, 0.15) is 37.8 Å². The number of rotatable bonds is 4. The van der Waals surface area contributed by atoms with Crippen molar-refractivity contribution in [2.45, 2.75) is 45.1 Å². The Balaban J connectivity index is 1.71. The van der Waals surface area contributed by atoms with Gasteiger partial charge in [-0.25, -0.2) is 9.78 Å². The zero-order chi connectivity index (χ0) is 20.9.